The molecular formula is C40H46N4O3+2. The van der Waals surface area contributed by atoms with Crippen LogP contribution in [0.25, 0.3) is 12.2 Å². The number of benzene rings is 3. The monoisotopic (exact) mass is 630 g/mol. The fraction of sp³-hybridized carbons (Fsp3) is 0.375. The summed E-state index contributed by atoms with van der Waals surface area (Å²) >= 11 is 0. The Bertz CT molecular complexity index is 1760. The number of carbonyl (C=O) groups is 1. The second-order valence-corrected chi connectivity index (χ2v) is 13.7. The minimum Gasteiger partial charge on any atom is -0.457 e. The molecule has 7 rings (SSSR count). The van der Waals surface area contributed by atoms with Crippen molar-refractivity contribution in [3.05, 3.63) is 95.7 Å². The summed E-state index contributed by atoms with van der Waals surface area (Å²) < 4.78 is 9.91. The van der Waals surface area contributed by atoms with Gasteiger partial charge in [-0.2, -0.15) is 4.58 Å². The lowest BCUT2D eigenvalue weighted by molar-refractivity contribution is -0.432. The molecule has 0 saturated carbocycles. The van der Waals surface area contributed by atoms with Gasteiger partial charge < -0.3 is 19.6 Å². The first-order valence-corrected chi connectivity index (χ1v) is 17.0. The number of aliphatic hydroxyl groups is 1. The average molecular weight is 631 g/mol. The van der Waals surface area contributed by atoms with Crippen molar-refractivity contribution in [2.45, 2.75) is 44.1 Å². The van der Waals surface area contributed by atoms with Crippen LogP contribution in [0.1, 0.15) is 49.3 Å². The molecular weight excluding hydrogens is 584 g/mol. The zero-order valence-electron chi connectivity index (χ0n) is 27.5. The molecule has 3 unspecified atom stereocenters. The quantitative estimate of drug-likeness (QED) is 0.291. The first kappa shape index (κ1) is 31.3. The summed E-state index contributed by atoms with van der Waals surface area (Å²) in [5.74, 6) is 2.15. The zero-order chi connectivity index (χ0) is 32.7. The van der Waals surface area contributed by atoms with E-state index in [1.54, 1.807) is 4.58 Å². The molecule has 3 aromatic rings. The molecule has 7 heteroatoms. The summed E-state index contributed by atoms with van der Waals surface area (Å²) in [4.78, 5) is 18.0. The fourth-order valence-corrected chi connectivity index (χ4v) is 8.43. The molecule has 3 atom stereocenters. The van der Waals surface area contributed by atoms with Gasteiger partial charge in [-0.05, 0) is 67.5 Å². The van der Waals surface area contributed by atoms with Gasteiger partial charge in [-0.1, -0.05) is 56.3 Å². The van der Waals surface area contributed by atoms with E-state index in [1.165, 1.54) is 11.3 Å². The Morgan fingerprint density at radius 1 is 1.04 bits per heavy atom. The molecule has 242 valence electrons. The van der Waals surface area contributed by atoms with Crippen LogP contribution in [0, 0.1) is 11.8 Å². The van der Waals surface area contributed by atoms with Gasteiger partial charge in [0.05, 0.1) is 17.1 Å². The van der Waals surface area contributed by atoms with E-state index >= 15 is 0 Å². The van der Waals surface area contributed by atoms with E-state index in [0.29, 0.717) is 31.2 Å². The largest absolute Gasteiger partial charge is 0.457 e. The number of piperidine rings is 2. The minimum absolute atomic E-state index is 0.0155. The van der Waals surface area contributed by atoms with E-state index in [9.17, 15) is 9.90 Å². The van der Waals surface area contributed by atoms with E-state index < -0.39 is 6.10 Å². The number of likely N-dealkylation sites (tertiary alicyclic amines) is 2. The summed E-state index contributed by atoms with van der Waals surface area (Å²) in [6, 6.07) is 22.2. The van der Waals surface area contributed by atoms with Crippen LogP contribution in [0.4, 0.5) is 11.4 Å². The minimum atomic E-state index is -0.406. The Morgan fingerprint density at radius 2 is 1.83 bits per heavy atom. The van der Waals surface area contributed by atoms with E-state index in [-0.39, 0.29) is 17.2 Å². The number of carbonyl (C=O) groups excluding carboxylic acids is 1. The number of rotatable bonds is 8. The van der Waals surface area contributed by atoms with Crippen molar-refractivity contribution >= 4 is 42.9 Å². The van der Waals surface area contributed by atoms with Gasteiger partial charge in [0.2, 0.25) is 11.4 Å². The summed E-state index contributed by atoms with van der Waals surface area (Å²) in [5, 5.41) is 11.4. The van der Waals surface area contributed by atoms with Crippen LogP contribution >= 0.6 is 0 Å². The Labute approximate surface area is 278 Å². The molecule has 1 amide bonds. The zero-order valence-corrected chi connectivity index (χ0v) is 27.5. The number of ether oxygens (including phenoxy) is 1. The SMILES string of the molecule is C=Cc1ccc2c(c1)[N+](=C)CC21CCN(CC(O)C2CCN(C(=O)C3=Cc4cc(Oc5ccccc5)ccc4[N+]3=C)CC2)CC1CC. The van der Waals surface area contributed by atoms with Crippen molar-refractivity contribution in [3.8, 4) is 11.5 Å². The molecule has 0 aliphatic carbocycles. The second-order valence-electron chi connectivity index (χ2n) is 13.7. The van der Waals surface area contributed by atoms with E-state index in [4.69, 9.17) is 4.74 Å². The number of nitrogens with zero attached hydrogens (tertiary/aromatic N) is 4. The molecule has 0 bridgehead atoms. The summed E-state index contributed by atoms with van der Waals surface area (Å²) in [6.45, 7) is 19.6. The molecule has 47 heavy (non-hydrogen) atoms. The highest BCUT2D eigenvalue weighted by Crippen LogP contribution is 2.50. The highest BCUT2D eigenvalue weighted by atomic mass is 16.5. The number of aliphatic hydroxyl groups excluding tert-OH is 1. The Kier molecular flexibility index (Phi) is 8.45. The number of para-hydroxylation sites is 1. The summed E-state index contributed by atoms with van der Waals surface area (Å²) in [7, 11) is 0. The van der Waals surface area contributed by atoms with E-state index in [1.807, 2.05) is 65.6 Å². The Hall–Kier alpha value is -4.33. The van der Waals surface area contributed by atoms with Crippen LogP contribution in [0.5, 0.6) is 11.5 Å². The fourth-order valence-electron chi connectivity index (χ4n) is 8.43. The highest BCUT2D eigenvalue weighted by molar-refractivity contribution is 5.98. The lowest BCUT2D eigenvalue weighted by atomic mass is 9.66. The molecule has 4 heterocycles. The van der Waals surface area contributed by atoms with Crippen LogP contribution in [0.3, 0.4) is 0 Å². The molecule has 4 aliphatic heterocycles. The maximum Gasteiger partial charge on any atom is 0.319 e. The number of hydrogen-bond donors (Lipinski definition) is 1. The van der Waals surface area contributed by atoms with Gasteiger partial charge >= 0.3 is 5.91 Å². The van der Waals surface area contributed by atoms with E-state index in [0.717, 1.165) is 73.6 Å². The maximum absolute atomic E-state index is 13.6. The van der Waals surface area contributed by atoms with Gasteiger partial charge in [0.15, 0.2) is 6.54 Å². The van der Waals surface area contributed by atoms with Crippen molar-refractivity contribution < 1.29 is 23.8 Å². The van der Waals surface area contributed by atoms with Gasteiger partial charge in [0, 0.05) is 50.0 Å². The van der Waals surface area contributed by atoms with Crippen molar-refractivity contribution in [3.63, 3.8) is 0 Å². The van der Waals surface area contributed by atoms with Crippen molar-refractivity contribution in [2.24, 2.45) is 11.8 Å². The topological polar surface area (TPSA) is 59.0 Å². The first-order valence-electron chi connectivity index (χ1n) is 17.0. The lowest BCUT2D eigenvalue weighted by Crippen LogP contribution is -2.53. The summed E-state index contributed by atoms with van der Waals surface area (Å²) in [5.41, 5.74) is 6.26. The normalized spacial score (nSPS) is 23.4. The second kappa shape index (κ2) is 12.7. The predicted molar refractivity (Wildman–Crippen MR) is 188 cm³/mol. The molecule has 7 nitrogen and oxygen atoms in total. The van der Waals surface area contributed by atoms with Crippen LogP contribution in [-0.2, 0) is 10.2 Å². The van der Waals surface area contributed by atoms with Gasteiger partial charge in [-0.25, -0.2) is 4.58 Å². The number of fused-ring (bicyclic) bond motifs is 3. The number of amides is 1. The third-order valence-corrected chi connectivity index (χ3v) is 11.1. The van der Waals surface area contributed by atoms with Gasteiger partial charge in [0.25, 0.3) is 5.70 Å². The third kappa shape index (κ3) is 5.76. The molecule has 2 fully saturated rings. The van der Waals surface area contributed by atoms with Gasteiger partial charge in [-0.3, -0.25) is 4.79 Å². The number of β-amino-alcohol motifs (C(OH)–C–C–N with tert-alkyl or cyclic N) is 1. The van der Waals surface area contributed by atoms with Gasteiger partial charge in [-0.15, -0.1) is 0 Å². The van der Waals surface area contributed by atoms with Crippen molar-refractivity contribution in [1.82, 2.24) is 9.80 Å². The molecule has 0 radical (unpaired) electrons. The smallest absolute Gasteiger partial charge is 0.319 e. The predicted octanol–water partition coefficient (Wildman–Crippen LogP) is 6.45. The average Bonchev–Trinajstić information content (AvgIpc) is 3.58. The van der Waals surface area contributed by atoms with Crippen LogP contribution in [0.15, 0.2) is 79.0 Å². The highest BCUT2D eigenvalue weighted by Gasteiger charge is 2.53. The molecule has 2 saturated heterocycles. The standard InChI is InChI=1S/C40H46N4O3/c1-5-28-12-14-34-36(22-28)41(3)27-40(34)18-21-43(25-31(40)6-2)26-38(45)29-16-19-44(20-17-29)39(46)37-24-30-23-33(13-15-35(30)42(37)4)47-32-10-8-7-9-11-32/h5,7-15,22-24,29,31,38,45H,1,3-4,6,16-21,25-27H2,2H3/q+2. The molecule has 0 aromatic heterocycles. The van der Waals surface area contributed by atoms with Crippen LogP contribution in [-0.4, -0.2) is 88.8 Å². The lowest BCUT2D eigenvalue weighted by Gasteiger charge is -2.45. The molecule has 4 aliphatic rings. The van der Waals surface area contributed by atoms with Crippen molar-refractivity contribution in [1.29, 1.82) is 0 Å². The number of hydrogen-bond acceptors (Lipinski definition) is 4. The van der Waals surface area contributed by atoms with Crippen molar-refractivity contribution in [2.75, 3.05) is 39.3 Å². The molecule has 1 N–H and O–H groups in total. The maximum atomic E-state index is 13.6. The summed E-state index contributed by atoms with van der Waals surface area (Å²) in [6.07, 6.45) is 7.15. The third-order valence-electron chi connectivity index (χ3n) is 11.1. The Morgan fingerprint density at radius 3 is 2.57 bits per heavy atom. The van der Waals surface area contributed by atoms with Gasteiger partial charge in [0.1, 0.15) is 24.9 Å². The van der Waals surface area contributed by atoms with E-state index in [2.05, 4.69) is 54.6 Å². The van der Waals surface area contributed by atoms with Crippen LogP contribution < -0.4 is 4.74 Å². The molecule has 1 spiro atoms. The molecule has 3 aromatic carbocycles. The Balaban J connectivity index is 0.943. The van der Waals surface area contributed by atoms with Crippen LogP contribution in [0.2, 0.25) is 0 Å². The first-order chi connectivity index (χ1) is 22.8.